The molecule has 0 aromatic heterocycles. The zero-order chi connectivity index (χ0) is 12.1. The third-order valence-electron chi connectivity index (χ3n) is 1.94. The van der Waals surface area contributed by atoms with Gasteiger partial charge in [-0.1, -0.05) is 12.1 Å². The number of carboxylic acid groups (broad SMARTS) is 1. The van der Waals surface area contributed by atoms with E-state index in [1.54, 1.807) is 12.1 Å². The van der Waals surface area contributed by atoms with Gasteiger partial charge in [-0.3, -0.25) is 4.79 Å². The van der Waals surface area contributed by atoms with E-state index >= 15 is 0 Å². The van der Waals surface area contributed by atoms with E-state index in [9.17, 15) is 14.7 Å². The van der Waals surface area contributed by atoms with Crippen LogP contribution in [0.4, 0.5) is 5.69 Å². The van der Waals surface area contributed by atoms with Gasteiger partial charge in [0, 0.05) is 0 Å². The van der Waals surface area contributed by atoms with Gasteiger partial charge in [0.2, 0.25) is 5.91 Å². The number of hydrogen-bond donors (Lipinski definition) is 4. The molecule has 0 aliphatic rings. The van der Waals surface area contributed by atoms with Crippen molar-refractivity contribution in [2.75, 3.05) is 5.32 Å². The van der Waals surface area contributed by atoms with Gasteiger partial charge >= 0.3 is 5.97 Å². The Labute approximate surface area is 91.7 Å². The normalized spacial score (nSPS) is 11.8. The number of carbonyl (C=O) groups excluding carboxylic acids is 1. The predicted molar refractivity (Wildman–Crippen MR) is 57.0 cm³/mol. The Morgan fingerprint density at radius 2 is 2.00 bits per heavy atom. The maximum Gasteiger partial charge on any atom is 0.326 e. The quantitative estimate of drug-likeness (QED) is 0.531. The predicted octanol–water partition coefficient (Wildman–Crippen LogP) is 0.133. The second kappa shape index (κ2) is 5.01. The molecule has 0 heterocycles. The van der Waals surface area contributed by atoms with Crippen LogP contribution < -0.4 is 11.1 Å². The van der Waals surface area contributed by atoms with E-state index in [1.165, 1.54) is 12.1 Å². The number of nitrogens with one attached hydrogen (secondary N) is 1. The number of carboxylic acids is 1. The molecule has 1 unspecified atom stereocenters. The first-order valence-electron chi connectivity index (χ1n) is 4.56. The molecule has 0 bridgehead atoms. The fourth-order valence-electron chi connectivity index (χ4n) is 1.18. The van der Waals surface area contributed by atoms with Gasteiger partial charge < -0.3 is 21.3 Å². The molecule has 6 nitrogen and oxygen atoms in total. The van der Waals surface area contributed by atoms with Crippen molar-refractivity contribution in [1.29, 1.82) is 0 Å². The van der Waals surface area contributed by atoms with Gasteiger partial charge in [-0.15, -0.1) is 0 Å². The summed E-state index contributed by atoms with van der Waals surface area (Å²) in [6.07, 6.45) is -0.344. The molecular formula is C10H12N2O4. The second-order valence-corrected chi connectivity index (χ2v) is 3.22. The molecule has 0 aliphatic carbocycles. The lowest BCUT2D eigenvalue weighted by molar-refractivity contribution is -0.139. The number of carbonyl (C=O) groups is 2. The highest BCUT2D eigenvalue weighted by Crippen LogP contribution is 2.22. The van der Waals surface area contributed by atoms with Gasteiger partial charge in [0.15, 0.2) is 0 Å². The Morgan fingerprint density at radius 3 is 2.50 bits per heavy atom. The Kier molecular flexibility index (Phi) is 3.71. The number of para-hydroxylation sites is 2. The number of phenols is 1. The van der Waals surface area contributed by atoms with Crippen LogP contribution in [0.2, 0.25) is 0 Å². The highest BCUT2D eigenvalue weighted by Gasteiger charge is 2.20. The molecule has 0 fully saturated rings. The lowest BCUT2D eigenvalue weighted by atomic mass is 10.2. The van der Waals surface area contributed by atoms with Crippen LogP contribution in [-0.2, 0) is 9.59 Å². The summed E-state index contributed by atoms with van der Waals surface area (Å²) in [6, 6.07) is 5.00. The summed E-state index contributed by atoms with van der Waals surface area (Å²) in [4.78, 5) is 21.4. The number of phenolic OH excluding ortho intramolecular Hbond substituents is 1. The molecule has 1 rings (SSSR count). The fraction of sp³-hybridized carbons (Fsp3) is 0.200. The van der Waals surface area contributed by atoms with E-state index < -0.39 is 17.9 Å². The van der Waals surface area contributed by atoms with Crippen LogP contribution in [0, 0.1) is 0 Å². The molecule has 0 radical (unpaired) electrons. The van der Waals surface area contributed by atoms with E-state index in [4.69, 9.17) is 10.8 Å². The number of benzene rings is 1. The summed E-state index contributed by atoms with van der Waals surface area (Å²) < 4.78 is 0. The molecular weight excluding hydrogens is 212 g/mol. The van der Waals surface area contributed by atoms with Crippen molar-refractivity contribution in [1.82, 2.24) is 0 Å². The van der Waals surface area contributed by atoms with Crippen molar-refractivity contribution in [3.05, 3.63) is 24.3 Å². The van der Waals surface area contributed by atoms with Crippen molar-refractivity contribution < 1.29 is 19.8 Å². The summed E-state index contributed by atoms with van der Waals surface area (Å²) in [5, 5.41) is 20.8. The zero-order valence-corrected chi connectivity index (χ0v) is 8.38. The van der Waals surface area contributed by atoms with E-state index in [-0.39, 0.29) is 17.9 Å². The fourth-order valence-corrected chi connectivity index (χ4v) is 1.18. The number of aliphatic carboxylic acids is 1. The van der Waals surface area contributed by atoms with Crippen LogP contribution in [0.3, 0.4) is 0 Å². The Hall–Kier alpha value is -2.24. The van der Waals surface area contributed by atoms with Crippen LogP contribution in [0.15, 0.2) is 24.3 Å². The van der Waals surface area contributed by atoms with Crippen LogP contribution in [0.1, 0.15) is 6.42 Å². The summed E-state index contributed by atoms with van der Waals surface area (Å²) in [5.74, 6) is -2.02. The van der Waals surface area contributed by atoms with Crippen molar-refractivity contribution in [3.8, 4) is 5.75 Å². The summed E-state index contributed by atoms with van der Waals surface area (Å²) in [6.45, 7) is 0. The zero-order valence-electron chi connectivity index (χ0n) is 8.38. The van der Waals surface area contributed by atoms with Gasteiger partial charge in [-0.2, -0.15) is 0 Å². The minimum atomic E-state index is -1.21. The SMILES string of the molecule is NC(=O)CC(Nc1ccccc1O)C(=O)O. The molecule has 1 aromatic rings. The largest absolute Gasteiger partial charge is 0.506 e. The Bertz CT molecular complexity index is 406. The minimum absolute atomic E-state index is 0.0850. The lowest BCUT2D eigenvalue weighted by Gasteiger charge is -2.14. The molecule has 16 heavy (non-hydrogen) atoms. The van der Waals surface area contributed by atoms with Gasteiger partial charge in [0.1, 0.15) is 11.8 Å². The Morgan fingerprint density at radius 1 is 1.38 bits per heavy atom. The molecule has 0 saturated heterocycles. The van der Waals surface area contributed by atoms with E-state index in [2.05, 4.69) is 5.32 Å². The molecule has 6 heteroatoms. The summed E-state index contributed by atoms with van der Waals surface area (Å²) in [5.41, 5.74) is 5.16. The van der Waals surface area contributed by atoms with Crippen molar-refractivity contribution >= 4 is 17.6 Å². The topological polar surface area (TPSA) is 113 Å². The molecule has 0 saturated carbocycles. The van der Waals surface area contributed by atoms with Gasteiger partial charge in [-0.25, -0.2) is 4.79 Å². The van der Waals surface area contributed by atoms with Crippen LogP contribution >= 0.6 is 0 Å². The molecule has 0 spiro atoms. The average Bonchev–Trinajstić information content (AvgIpc) is 2.19. The van der Waals surface area contributed by atoms with Crippen molar-refractivity contribution in [3.63, 3.8) is 0 Å². The van der Waals surface area contributed by atoms with Gasteiger partial charge in [0.25, 0.3) is 0 Å². The van der Waals surface area contributed by atoms with E-state index in [0.29, 0.717) is 0 Å². The summed E-state index contributed by atoms with van der Waals surface area (Å²) in [7, 11) is 0. The first kappa shape index (κ1) is 11.8. The number of aromatic hydroxyl groups is 1. The number of nitrogens with two attached hydrogens (primary N) is 1. The highest BCUT2D eigenvalue weighted by atomic mass is 16.4. The molecule has 0 aliphatic heterocycles. The number of amides is 1. The first-order chi connectivity index (χ1) is 7.50. The molecule has 1 amide bonds. The number of primary amides is 1. The number of anilines is 1. The first-order valence-corrected chi connectivity index (χ1v) is 4.56. The van der Waals surface area contributed by atoms with E-state index in [0.717, 1.165) is 0 Å². The second-order valence-electron chi connectivity index (χ2n) is 3.22. The number of hydrogen-bond acceptors (Lipinski definition) is 4. The highest BCUT2D eigenvalue weighted by molar-refractivity contribution is 5.86. The van der Waals surface area contributed by atoms with Gasteiger partial charge in [-0.05, 0) is 12.1 Å². The summed E-state index contributed by atoms with van der Waals surface area (Å²) >= 11 is 0. The third-order valence-corrected chi connectivity index (χ3v) is 1.94. The lowest BCUT2D eigenvalue weighted by Crippen LogP contribution is -2.33. The molecule has 86 valence electrons. The molecule has 5 N–H and O–H groups in total. The molecule has 1 aromatic carbocycles. The van der Waals surface area contributed by atoms with Crippen LogP contribution in [-0.4, -0.2) is 28.1 Å². The maximum atomic E-state index is 10.8. The molecule has 1 atom stereocenters. The minimum Gasteiger partial charge on any atom is -0.506 e. The number of rotatable bonds is 5. The standard InChI is InChI=1S/C10H12N2O4/c11-9(14)5-7(10(15)16)12-6-3-1-2-4-8(6)13/h1-4,7,12-13H,5H2,(H2,11,14)(H,15,16). The van der Waals surface area contributed by atoms with Crippen LogP contribution in [0.5, 0.6) is 5.75 Å². The average molecular weight is 224 g/mol. The van der Waals surface area contributed by atoms with Gasteiger partial charge in [0.05, 0.1) is 12.1 Å². The van der Waals surface area contributed by atoms with Crippen molar-refractivity contribution in [2.45, 2.75) is 12.5 Å². The maximum absolute atomic E-state index is 10.8. The Balaban J connectivity index is 2.80. The van der Waals surface area contributed by atoms with E-state index in [1.807, 2.05) is 0 Å². The van der Waals surface area contributed by atoms with Crippen molar-refractivity contribution in [2.24, 2.45) is 5.73 Å². The third kappa shape index (κ3) is 3.16. The monoisotopic (exact) mass is 224 g/mol. The van der Waals surface area contributed by atoms with Crippen LogP contribution in [0.25, 0.3) is 0 Å². The smallest absolute Gasteiger partial charge is 0.326 e.